The Bertz CT molecular complexity index is 236. The molecule has 0 aromatic heterocycles. The molecule has 2 aliphatic heterocycles. The summed E-state index contributed by atoms with van der Waals surface area (Å²) < 4.78 is 5.46. The highest BCUT2D eigenvalue weighted by atomic mass is 16.5. The summed E-state index contributed by atoms with van der Waals surface area (Å²) in [4.78, 5) is 5.21. The summed E-state index contributed by atoms with van der Waals surface area (Å²) in [5.74, 6) is 0. The Kier molecular flexibility index (Phi) is 4.45. The van der Waals surface area contributed by atoms with Crippen LogP contribution >= 0.6 is 0 Å². The first-order valence-electron chi connectivity index (χ1n) is 7.19. The molecular weight excluding hydrogens is 212 g/mol. The molecule has 2 saturated heterocycles. The maximum Gasteiger partial charge on any atom is 0.0593 e. The Morgan fingerprint density at radius 2 is 2.00 bits per heavy atom. The molecular formula is C14H28N2O. The highest BCUT2D eigenvalue weighted by Crippen LogP contribution is 2.39. The van der Waals surface area contributed by atoms with Crippen LogP contribution in [0.3, 0.4) is 0 Å². The smallest absolute Gasteiger partial charge is 0.0593 e. The van der Waals surface area contributed by atoms with Gasteiger partial charge >= 0.3 is 0 Å². The van der Waals surface area contributed by atoms with E-state index in [1.807, 2.05) is 0 Å². The van der Waals surface area contributed by atoms with E-state index in [9.17, 15) is 0 Å². The predicted molar refractivity (Wildman–Crippen MR) is 71.3 cm³/mol. The average molecular weight is 240 g/mol. The fourth-order valence-corrected chi connectivity index (χ4v) is 3.28. The lowest BCUT2D eigenvalue weighted by Gasteiger charge is -2.56. The van der Waals surface area contributed by atoms with E-state index in [1.165, 1.54) is 39.0 Å². The minimum Gasteiger partial charge on any atom is -0.380 e. The van der Waals surface area contributed by atoms with Gasteiger partial charge in [0.05, 0.1) is 6.61 Å². The molecule has 3 nitrogen and oxygen atoms in total. The quantitative estimate of drug-likeness (QED) is 0.682. The van der Waals surface area contributed by atoms with Gasteiger partial charge < -0.3 is 9.64 Å². The van der Waals surface area contributed by atoms with Gasteiger partial charge in [0.2, 0.25) is 0 Å². The van der Waals surface area contributed by atoms with Gasteiger partial charge in [-0.15, -0.1) is 0 Å². The van der Waals surface area contributed by atoms with Crippen molar-refractivity contribution in [1.29, 1.82) is 0 Å². The van der Waals surface area contributed by atoms with Gasteiger partial charge in [-0.1, -0.05) is 0 Å². The molecule has 2 fully saturated rings. The van der Waals surface area contributed by atoms with Crippen LogP contribution in [0.15, 0.2) is 0 Å². The van der Waals surface area contributed by atoms with Crippen LogP contribution in [0.1, 0.15) is 33.6 Å². The molecule has 0 aliphatic carbocycles. The molecule has 0 amide bonds. The van der Waals surface area contributed by atoms with Gasteiger partial charge in [-0.3, -0.25) is 4.90 Å². The molecule has 0 atom stereocenters. The zero-order valence-electron chi connectivity index (χ0n) is 11.7. The summed E-state index contributed by atoms with van der Waals surface area (Å²) in [6.45, 7) is 14.8. The Balaban J connectivity index is 1.74. The molecule has 0 saturated carbocycles. The molecule has 2 heterocycles. The van der Waals surface area contributed by atoms with E-state index in [0.717, 1.165) is 25.8 Å². The fourth-order valence-electron chi connectivity index (χ4n) is 3.28. The number of ether oxygens (including phenoxy) is 1. The van der Waals surface area contributed by atoms with Crippen molar-refractivity contribution in [1.82, 2.24) is 9.80 Å². The highest BCUT2D eigenvalue weighted by molar-refractivity contribution is 5.00. The van der Waals surface area contributed by atoms with Crippen LogP contribution in [0, 0.1) is 5.41 Å². The maximum absolute atomic E-state index is 5.46. The van der Waals surface area contributed by atoms with Gasteiger partial charge in [-0.25, -0.2) is 0 Å². The van der Waals surface area contributed by atoms with E-state index in [0.29, 0.717) is 5.41 Å². The highest BCUT2D eigenvalue weighted by Gasteiger charge is 2.45. The molecule has 2 aliphatic rings. The van der Waals surface area contributed by atoms with Gasteiger partial charge in [0.15, 0.2) is 0 Å². The molecule has 100 valence electrons. The first kappa shape index (κ1) is 13.3. The van der Waals surface area contributed by atoms with Crippen LogP contribution < -0.4 is 0 Å². The van der Waals surface area contributed by atoms with Crippen LogP contribution in [-0.2, 0) is 4.74 Å². The van der Waals surface area contributed by atoms with Crippen molar-refractivity contribution in [3.63, 3.8) is 0 Å². The number of likely N-dealkylation sites (tertiary alicyclic amines) is 2. The Morgan fingerprint density at radius 3 is 2.65 bits per heavy atom. The molecule has 0 aromatic rings. The van der Waals surface area contributed by atoms with Crippen molar-refractivity contribution in [3.05, 3.63) is 0 Å². The number of nitrogens with zero attached hydrogens (tertiary/aromatic N) is 2. The number of hydrogen-bond donors (Lipinski definition) is 0. The molecule has 2 rings (SSSR count). The van der Waals surface area contributed by atoms with Crippen LogP contribution in [0.25, 0.3) is 0 Å². The number of rotatable bonds is 5. The van der Waals surface area contributed by atoms with Gasteiger partial charge in [-0.05, 0) is 40.2 Å². The second-order valence-corrected chi connectivity index (χ2v) is 6.08. The minimum absolute atomic E-state index is 0.620. The van der Waals surface area contributed by atoms with E-state index < -0.39 is 0 Å². The monoisotopic (exact) mass is 240 g/mol. The largest absolute Gasteiger partial charge is 0.380 e. The normalized spacial score (nSPS) is 25.4. The summed E-state index contributed by atoms with van der Waals surface area (Å²) in [6.07, 6.45) is 2.80. The SMILES string of the molecule is CCOCCN1CCCC2(C1)CN(C(C)C)C2. The molecule has 0 N–H and O–H groups in total. The third kappa shape index (κ3) is 3.21. The molecule has 0 aromatic carbocycles. The molecule has 17 heavy (non-hydrogen) atoms. The lowest BCUT2D eigenvalue weighted by atomic mass is 9.73. The number of piperidine rings is 1. The van der Waals surface area contributed by atoms with E-state index >= 15 is 0 Å². The van der Waals surface area contributed by atoms with Crippen LogP contribution in [0.5, 0.6) is 0 Å². The average Bonchev–Trinajstić information content (AvgIpc) is 2.26. The molecule has 3 heteroatoms. The molecule has 0 unspecified atom stereocenters. The van der Waals surface area contributed by atoms with Gasteiger partial charge in [-0.2, -0.15) is 0 Å². The Labute approximate surface area is 106 Å². The number of hydrogen-bond acceptors (Lipinski definition) is 3. The van der Waals surface area contributed by atoms with Gasteiger partial charge in [0, 0.05) is 44.2 Å². The van der Waals surface area contributed by atoms with Crippen LogP contribution in [0.4, 0.5) is 0 Å². The van der Waals surface area contributed by atoms with E-state index in [-0.39, 0.29) is 0 Å². The van der Waals surface area contributed by atoms with Crippen LogP contribution in [0.2, 0.25) is 0 Å². The summed E-state index contributed by atoms with van der Waals surface area (Å²) in [6, 6.07) is 0.722. The first-order valence-corrected chi connectivity index (χ1v) is 7.19. The Morgan fingerprint density at radius 1 is 1.24 bits per heavy atom. The van der Waals surface area contributed by atoms with E-state index in [4.69, 9.17) is 4.74 Å². The minimum atomic E-state index is 0.620. The summed E-state index contributed by atoms with van der Waals surface area (Å²) >= 11 is 0. The summed E-state index contributed by atoms with van der Waals surface area (Å²) in [7, 11) is 0. The van der Waals surface area contributed by atoms with Crippen LogP contribution in [-0.4, -0.2) is 61.8 Å². The maximum atomic E-state index is 5.46. The fraction of sp³-hybridized carbons (Fsp3) is 1.00. The van der Waals surface area contributed by atoms with E-state index in [1.54, 1.807) is 0 Å². The van der Waals surface area contributed by atoms with Crippen molar-refractivity contribution in [2.24, 2.45) is 5.41 Å². The standard InChI is InChI=1S/C14H28N2O/c1-4-17-9-8-15-7-5-6-14(10-15)11-16(12-14)13(2)3/h13H,4-12H2,1-3H3. The van der Waals surface area contributed by atoms with Crippen molar-refractivity contribution < 1.29 is 4.74 Å². The molecule has 1 spiro atoms. The zero-order chi connectivity index (χ0) is 12.3. The first-order chi connectivity index (χ1) is 8.15. The predicted octanol–water partition coefficient (Wildman–Crippen LogP) is 1.83. The molecule has 0 radical (unpaired) electrons. The second kappa shape index (κ2) is 5.68. The Hall–Kier alpha value is -0.120. The lowest BCUT2D eigenvalue weighted by Crippen LogP contribution is -2.64. The van der Waals surface area contributed by atoms with E-state index in [2.05, 4.69) is 30.6 Å². The third-order valence-electron chi connectivity index (χ3n) is 4.30. The van der Waals surface area contributed by atoms with Gasteiger partial charge in [0.25, 0.3) is 0 Å². The van der Waals surface area contributed by atoms with Crippen molar-refractivity contribution >= 4 is 0 Å². The van der Waals surface area contributed by atoms with Crippen molar-refractivity contribution in [2.45, 2.75) is 39.7 Å². The topological polar surface area (TPSA) is 15.7 Å². The lowest BCUT2D eigenvalue weighted by molar-refractivity contribution is -0.0724. The third-order valence-corrected chi connectivity index (χ3v) is 4.30. The molecule has 0 bridgehead atoms. The van der Waals surface area contributed by atoms with Crippen molar-refractivity contribution in [2.75, 3.05) is 45.9 Å². The summed E-state index contributed by atoms with van der Waals surface area (Å²) in [5, 5.41) is 0. The van der Waals surface area contributed by atoms with Crippen molar-refractivity contribution in [3.8, 4) is 0 Å². The zero-order valence-corrected chi connectivity index (χ0v) is 11.7. The van der Waals surface area contributed by atoms with Gasteiger partial charge in [0.1, 0.15) is 0 Å². The second-order valence-electron chi connectivity index (χ2n) is 6.08. The summed E-state index contributed by atoms with van der Waals surface area (Å²) in [5.41, 5.74) is 0.620.